The first kappa shape index (κ1) is 32.8. The molecule has 0 N–H and O–H groups in total. The topological polar surface area (TPSA) is 65.7 Å². The number of ether oxygens (including phenoxy) is 2. The van der Waals surface area contributed by atoms with Crippen molar-refractivity contribution in [3.63, 3.8) is 0 Å². The third kappa shape index (κ3) is 6.66. The Hall–Kier alpha value is -3.08. The third-order valence-electron chi connectivity index (χ3n) is 12.8. The van der Waals surface area contributed by atoms with Crippen molar-refractivity contribution in [1.29, 1.82) is 0 Å². The number of fused-ring (bicyclic) bond motifs is 5. The van der Waals surface area contributed by atoms with E-state index in [0.717, 1.165) is 60.3 Å². The van der Waals surface area contributed by atoms with Gasteiger partial charge < -0.3 is 13.9 Å². The number of hydrogen-bond donors (Lipinski definition) is 0. The molecule has 8 unspecified atom stereocenters. The van der Waals surface area contributed by atoms with Crippen molar-refractivity contribution in [1.82, 2.24) is 0 Å². The van der Waals surface area contributed by atoms with Crippen LogP contribution < -0.4 is 4.74 Å². The van der Waals surface area contributed by atoms with Crippen LogP contribution in [0.2, 0.25) is 0 Å². The van der Waals surface area contributed by atoms with Gasteiger partial charge in [-0.25, -0.2) is 9.59 Å². The number of carbonyl (C=O) groups is 2. The Morgan fingerprint density at radius 1 is 0.978 bits per heavy atom. The van der Waals surface area contributed by atoms with Crippen molar-refractivity contribution in [3.05, 3.63) is 71.7 Å². The van der Waals surface area contributed by atoms with E-state index in [2.05, 4.69) is 40.7 Å². The Morgan fingerprint density at radius 3 is 2.52 bits per heavy atom. The zero-order valence-electron chi connectivity index (χ0n) is 28.6. The second-order valence-corrected chi connectivity index (χ2v) is 15.9. The summed E-state index contributed by atoms with van der Waals surface area (Å²) in [7, 11) is 0. The lowest BCUT2D eigenvalue weighted by Gasteiger charge is -2.58. The molecule has 6 rings (SSSR count). The van der Waals surface area contributed by atoms with Gasteiger partial charge >= 0.3 is 11.9 Å². The molecule has 3 saturated carbocycles. The Morgan fingerprint density at radius 2 is 1.78 bits per heavy atom. The van der Waals surface area contributed by atoms with Crippen molar-refractivity contribution < 1.29 is 23.5 Å². The van der Waals surface area contributed by atoms with E-state index < -0.39 is 5.97 Å². The molecule has 0 spiro atoms. The van der Waals surface area contributed by atoms with Gasteiger partial charge in [-0.3, -0.25) is 0 Å². The second kappa shape index (κ2) is 13.6. The molecule has 0 aliphatic heterocycles. The first-order valence-electron chi connectivity index (χ1n) is 18.0. The van der Waals surface area contributed by atoms with Gasteiger partial charge in [0.15, 0.2) is 0 Å². The van der Waals surface area contributed by atoms with Gasteiger partial charge in [-0.1, -0.05) is 77.7 Å². The van der Waals surface area contributed by atoms with E-state index in [0.29, 0.717) is 11.2 Å². The van der Waals surface area contributed by atoms with Crippen molar-refractivity contribution in [2.75, 3.05) is 0 Å². The van der Waals surface area contributed by atoms with Gasteiger partial charge in [0.1, 0.15) is 11.9 Å². The van der Waals surface area contributed by atoms with Crippen LogP contribution >= 0.6 is 0 Å². The minimum atomic E-state index is -0.546. The van der Waals surface area contributed by atoms with E-state index in [1.54, 1.807) is 48.0 Å². The minimum Gasteiger partial charge on any atom is -0.459 e. The van der Waals surface area contributed by atoms with E-state index in [9.17, 15) is 9.59 Å². The van der Waals surface area contributed by atoms with E-state index in [4.69, 9.17) is 13.9 Å². The predicted molar refractivity (Wildman–Crippen MR) is 182 cm³/mol. The van der Waals surface area contributed by atoms with Crippen molar-refractivity contribution >= 4 is 18.0 Å². The van der Waals surface area contributed by atoms with Crippen LogP contribution in [-0.2, 0) is 9.53 Å². The maximum Gasteiger partial charge on any atom is 0.379 e. The molecule has 8 atom stereocenters. The molecule has 1 heterocycles. The molecule has 248 valence electrons. The summed E-state index contributed by atoms with van der Waals surface area (Å²) in [6.45, 7) is 12.5. The molecule has 4 aliphatic rings. The van der Waals surface area contributed by atoms with Gasteiger partial charge in [-0.2, -0.15) is 0 Å². The number of allylic oxidation sites excluding steroid dienone is 1. The molecule has 0 saturated heterocycles. The van der Waals surface area contributed by atoms with E-state index in [1.807, 2.05) is 0 Å². The fourth-order valence-electron chi connectivity index (χ4n) is 10.3. The lowest BCUT2D eigenvalue weighted by atomic mass is 9.47. The van der Waals surface area contributed by atoms with Crippen LogP contribution in [0.5, 0.6) is 5.75 Å². The highest BCUT2D eigenvalue weighted by Gasteiger charge is 2.59. The monoisotopic (exact) mass is 626 g/mol. The van der Waals surface area contributed by atoms with E-state index >= 15 is 0 Å². The van der Waals surface area contributed by atoms with Crippen LogP contribution in [0.25, 0.3) is 6.08 Å². The highest BCUT2D eigenvalue weighted by molar-refractivity contribution is 5.88. The average molecular weight is 627 g/mol. The van der Waals surface area contributed by atoms with Gasteiger partial charge in [0.25, 0.3) is 0 Å². The van der Waals surface area contributed by atoms with Gasteiger partial charge in [0, 0.05) is 12.5 Å². The molecule has 1 aromatic heterocycles. The van der Waals surface area contributed by atoms with Gasteiger partial charge in [0.05, 0.1) is 6.26 Å². The number of rotatable bonds is 10. The number of furan rings is 1. The van der Waals surface area contributed by atoms with E-state index in [-0.39, 0.29) is 23.2 Å². The molecule has 46 heavy (non-hydrogen) atoms. The first-order chi connectivity index (χ1) is 22.1. The predicted octanol–water partition coefficient (Wildman–Crippen LogP) is 10.5. The summed E-state index contributed by atoms with van der Waals surface area (Å²) in [5.74, 6) is 4.68. The quantitative estimate of drug-likeness (QED) is 0.114. The number of benzene rings is 1. The molecule has 0 bridgehead atoms. The second-order valence-electron chi connectivity index (χ2n) is 15.9. The van der Waals surface area contributed by atoms with Crippen LogP contribution in [0.15, 0.2) is 64.8 Å². The molecule has 3 fully saturated rings. The van der Waals surface area contributed by atoms with Crippen LogP contribution in [0.1, 0.15) is 121 Å². The molecule has 1 aromatic carbocycles. The maximum absolute atomic E-state index is 12.8. The minimum absolute atomic E-state index is 0.0622. The van der Waals surface area contributed by atoms with Gasteiger partial charge in [-0.05, 0) is 127 Å². The lowest BCUT2D eigenvalue weighted by Crippen LogP contribution is -2.51. The Balaban J connectivity index is 1.02. The zero-order valence-corrected chi connectivity index (χ0v) is 28.6. The number of hydrogen-bond acceptors (Lipinski definition) is 5. The Kier molecular flexibility index (Phi) is 9.69. The van der Waals surface area contributed by atoms with E-state index in [1.165, 1.54) is 63.7 Å². The first-order valence-corrected chi connectivity index (χ1v) is 18.0. The van der Waals surface area contributed by atoms with Crippen LogP contribution in [0.4, 0.5) is 0 Å². The normalized spacial score (nSPS) is 32.7. The molecule has 4 aliphatic carbocycles. The highest BCUT2D eigenvalue weighted by Crippen LogP contribution is 2.67. The average Bonchev–Trinajstić information content (AvgIpc) is 3.69. The van der Waals surface area contributed by atoms with Crippen molar-refractivity contribution in [2.45, 2.75) is 111 Å². The summed E-state index contributed by atoms with van der Waals surface area (Å²) < 4.78 is 16.4. The summed E-state index contributed by atoms with van der Waals surface area (Å²) in [4.78, 5) is 24.9. The summed E-state index contributed by atoms with van der Waals surface area (Å²) in [5, 5.41) is 0. The molecular formula is C41H54O5. The Bertz CT molecular complexity index is 1420. The third-order valence-corrected chi connectivity index (χ3v) is 12.8. The van der Waals surface area contributed by atoms with Gasteiger partial charge in [-0.15, -0.1) is 0 Å². The SMILES string of the molecule is CC(C)CCCC(C)C1CCC2C3CC=C4CC(OC(=O)C=Cc5ccc(OC(=O)c6ccco6)cc5)CCC4(C)C3CCC12C. The molecule has 2 aromatic rings. The summed E-state index contributed by atoms with van der Waals surface area (Å²) in [6, 6.07) is 10.2. The van der Waals surface area contributed by atoms with Crippen LogP contribution in [0.3, 0.4) is 0 Å². The summed E-state index contributed by atoms with van der Waals surface area (Å²) in [6.07, 6.45) is 21.0. The number of carbonyl (C=O) groups excluding carboxylic acids is 2. The Labute approximate surface area is 276 Å². The molecule has 0 radical (unpaired) electrons. The highest BCUT2D eigenvalue weighted by atomic mass is 16.5. The van der Waals surface area contributed by atoms with Crippen LogP contribution in [-0.4, -0.2) is 18.0 Å². The summed E-state index contributed by atoms with van der Waals surface area (Å²) >= 11 is 0. The maximum atomic E-state index is 12.8. The van der Waals surface area contributed by atoms with Crippen molar-refractivity contribution in [3.8, 4) is 5.75 Å². The zero-order chi connectivity index (χ0) is 32.5. The molecule has 5 nitrogen and oxygen atoms in total. The largest absolute Gasteiger partial charge is 0.459 e. The fraction of sp³-hybridized carbons (Fsp3) is 0.610. The number of esters is 2. The van der Waals surface area contributed by atoms with Crippen LogP contribution in [0, 0.1) is 46.3 Å². The molecule has 5 heteroatoms. The molecular weight excluding hydrogens is 572 g/mol. The van der Waals surface area contributed by atoms with Gasteiger partial charge in [0.2, 0.25) is 5.76 Å². The standard InChI is InChI=1S/C41H54O5/c1-27(2)8-6-9-28(3)34-18-19-35-33-17-14-30-26-32(21-23-40(30,4)36(33)22-24-41(34,35)5)45-38(42)20-13-29-11-15-31(16-12-29)46-39(43)37-10-7-25-44-37/h7,10-16,20,25,27-28,32-36H,6,8-9,17-19,21-24,26H2,1-5H3. The smallest absolute Gasteiger partial charge is 0.379 e. The van der Waals surface area contributed by atoms with Crippen molar-refractivity contribution in [2.24, 2.45) is 46.3 Å². The molecule has 0 amide bonds. The summed E-state index contributed by atoms with van der Waals surface area (Å²) in [5.41, 5.74) is 3.12. The fourth-order valence-corrected chi connectivity index (χ4v) is 10.3. The lowest BCUT2D eigenvalue weighted by molar-refractivity contribution is -0.145.